The van der Waals surface area contributed by atoms with Crippen molar-refractivity contribution in [2.45, 2.75) is 45.2 Å². The lowest BCUT2D eigenvalue weighted by Gasteiger charge is -2.32. The molecule has 0 fully saturated rings. The number of methoxy groups -OCH3 is 3. The number of aryl methyl sites for hydroxylation is 1. The van der Waals surface area contributed by atoms with Gasteiger partial charge in [-0.2, -0.15) is 0 Å². The van der Waals surface area contributed by atoms with Crippen LogP contribution >= 0.6 is 0 Å². The number of ether oxygens (including phenoxy) is 3. The molecular weight excluding hydrogens is 570 g/mol. The average Bonchev–Trinajstić information content (AvgIpc) is 3.00. The summed E-state index contributed by atoms with van der Waals surface area (Å²) in [5.74, 6) is 0.509. The SMILES string of the molecule is COc1cccc(CN(C(=O)CN(c2ccc(C)cc2)S(=O)(=O)c2ccc(OC)c(OC)c2)[C@H](C)C(=O)NCC(C)C)c1. The second kappa shape index (κ2) is 14.8. The van der Waals surface area contributed by atoms with E-state index in [4.69, 9.17) is 14.2 Å². The molecule has 11 heteroatoms. The Hall–Kier alpha value is -4.25. The maximum atomic E-state index is 14.1. The molecule has 0 radical (unpaired) electrons. The molecule has 10 nitrogen and oxygen atoms in total. The molecule has 0 aliphatic carbocycles. The van der Waals surface area contributed by atoms with Crippen LogP contribution in [0, 0.1) is 12.8 Å². The average molecular weight is 612 g/mol. The van der Waals surface area contributed by atoms with Gasteiger partial charge in [0.25, 0.3) is 10.0 Å². The number of hydrogen-bond acceptors (Lipinski definition) is 7. The Balaban J connectivity index is 2.06. The highest BCUT2D eigenvalue weighted by Crippen LogP contribution is 2.32. The minimum absolute atomic E-state index is 0.0600. The summed E-state index contributed by atoms with van der Waals surface area (Å²) in [6, 6.07) is 17.4. The first-order valence-electron chi connectivity index (χ1n) is 13.9. The molecule has 2 amide bonds. The van der Waals surface area contributed by atoms with E-state index in [-0.39, 0.29) is 29.0 Å². The Morgan fingerprint density at radius 2 is 1.53 bits per heavy atom. The molecule has 0 aliphatic rings. The second-order valence-corrected chi connectivity index (χ2v) is 12.4. The molecule has 3 aromatic carbocycles. The summed E-state index contributed by atoms with van der Waals surface area (Å²) >= 11 is 0. The first kappa shape index (κ1) is 33.3. The third kappa shape index (κ3) is 8.41. The smallest absolute Gasteiger partial charge is 0.264 e. The number of sulfonamides is 1. The number of anilines is 1. The van der Waals surface area contributed by atoms with Crippen LogP contribution in [0.3, 0.4) is 0 Å². The Morgan fingerprint density at radius 3 is 2.14 bits per heavy atom. The monoisotopic (exact) mass is 611 g/mol. The normalized spacial score (nSPS) is 11.9. The van der Waals surface area contributed by atoms with E-state index in [1.165, 1.54) is 37.3 Å². The van der Waals surface area contributed by atoms with E-state index in [0.29, 0.717) is 23.7 Å². The fourth-order valence-corrected chi connectivity index (χ4v) is 5.78. The summed E-state index contributed by atoms with van der Waals surface area (Å²) in [6.07, 6.45) is 0. The summed E-state index contributed by atoms with van der Waals surface area (Å²) < 4.78 is 45.3. The number of nitrogens with one attached hydrogen (secondary N) is 1. The first-order chi connectivity index (χ1) is 20.4. The van der Waals surface area contributed by atoms with Crippen molar-refractivity contribution in [1.29, 1.82) is 0 Å². The molecule has 0 aliphatic heterocycles. The highest BCUT2D eigenvalue weighted by atomic mass is 32.2. The lowest BCUT2D eigenvalue weighted by molar-refractivity contribution is -0.139. The van der Waals surface area contributed by atoms with Crippen LogP contribution in [0.5, 0.6) is 17.2 Å². The largest absolute Gasteiger partial charge is 0.497 e. The summed E-state index contributed by atoms with van der Waals surface area (Å²) in [5.41, 5.74) is 1.95. The van der Waals surface area contributed by atoms with E-state index >= 15 is 0 Å². The lowest BCUT2D eigenvalue weighted by Crippen LogP contribution is -2.51. The predicted octanol–water partition coefficient (Wildman–Crippen LogP) is 4.41. The van der Waals surface area contributed by atoms with Crippen LogP contribution < -0.4 is 23.8 Å². The summed E-state index contributed by atoms with van der Waals surface area (Å²) in [4.78, 5) is 28.6. The van der Waals surface area contributed by atoms with Gasteiger partial charge in [-0.05, 0) is 61.7 Å². The topological polar surface area (TPSA) is 114 Å². The Labute approximate surface area is 254 Å². The molecule has 1 N–H and O–H groups in total. The number of nitrogens with zero attached hydrogens (tertiary/aromatic N) is 2. The van der Waals surface area contributed by atoms with E-state index < -0.39 is 28.5 Å². The molecular formula is C32H41N3O7S. The third-order valence-electron chi connectivity index (χ3n) is 6.88. The minimum atomic E-state index is -4.27. The van der Waals surface area contributed by atoms with E-state index in [0.717, 1.165) is 15.4 Å². The maximum absolute atomic E-state index is 14.1. The van der Waals surface area contributed by atoms with Gasteiger partial charge in [0.15, 0.2) is 11.5 Å². The van der Waals surface area contributed by atoms with E-state index in [9.17, 15) is 18.0 Å². The second-order valence-electron chi connectivity index (χ2n) is 10.6. The van der Waals surface area contributed by atoms with E-state index in [2.05, 4.69) is 5.32 Å². The van der Waals surface area contributed by atoms with Crippen molar-refractivity contribution < 1.29 is 32.2 Å². The van der Waals surface area contributed by atoms with Crippen LogP contribution in [-0.4, -0.2) is 65.6 Å². The zero-order valence-corrected chi connectivity index (χ0v) is 26.6. The molecule has 0 spiro atoms. The van der Waals surface area contributed by atoms with Crippen molar-refractivity contribution in [3.05, 3.63) is 77.9 Å². The Bertz CT molecular complexity index is 1510. The predicted molar refractivity (Wildman–Crippen MR) is 166 cm³/mol. The molecule has 1 atom stereocenters. The molecule has 0 saturated carbocycles. The van der Waals surface area contributed by atoms with Gasteiger partial charge in [-0.15, -0.1) is 0 Å². The van der Waals surface area contributed by atoms with Gasteiger partial charge in [-0.25, -0.2) is 8.42 Å². The quantitative estimate of drug-likeness (QED) is 0.287. The molecule has 3 rings (SSSR count). The molecule has 0 aromatic heterocycles. The van der Waals surface area contributed by atoms with Crippen molar-refractivity contribution in [1.82, 2.24) is 10.2 Å². The van der Waals surface area contributed by atoms with Gasteiger partial charge in [0.2, 0.25) is 11.8 Å². The van der Waals surface area contributed by atoms with Crippen LogP contribution in [0.15, 0.2) is 71.6 Å². The number of carbonyl (C=O) groups excluding carboxylic acids is 2. The van der Waals surface area contributed by atoms with Crippen LogP contribution in [0.25, 0.3) is 0 Å². The molecule has 232 valence electrons. The van der Waals surface area contributed by atoms with Gasteiger partial charge in [0, 0.05) is 19.2 Å². The molecule has 0 unspecified atom stereocenters. The highest BCUT2D eigenvalue weighted by molar-refractivity contribution is 7.92. The van der Waals surface area contributed by atoms with Gasteiger partial charge in [-0.3, -0.25) is 13.9 Å². The van der Waals surface area contributed by atoms with Gasteiger partial charge >= 0.3 is 0 Å². The van der Waals surface area contributed by atoms with Crippen LogP contribution in [-0.2, 0) is 26.2 Å². The molecule has 0 bridgehead atoms. The van der Waals surface area contributed by atoms with Gasteiger partial charge in [0.05, 0.1) is 31.9 Å². The van der Waals surface area contributed by atoms with Crippen molar-refractivity contribution in [2.75, 3.05) is 38.7 Å². The molecule has 43 heavy (non-hydrogen) atoms. The standard InChI is InChI=1S/C32H41N3O7S/c1-22(2)19-33-32(37)24(4)34(20-25-9-8-10-27(17-25)40-5)31(36)21-35(26-13-11-23(3)12-14-26)43(38,39)28-15-16-29(41-6)30(18-28)42-7/h8-18,22,24H,19-21H2,1-7H3,(H,33,37)/t24-/m1/s1. The maximum Gasteiger partial charge on any atom is 0.264 e. The van der Waals surface area contributed by atoms with Crippen LogP contribution in [0.2, 0.25) is 0 Å². The fourth-order valence-electron chi connectivity index (χ4n) is 4.35. The Morgan fingerprint density at radius 1 is 0.860 bits per heavy atom. The minimum Gasteiger partial charge on any atom is -0.497 e. The lowest BCUT2D eigenvalue weighted by atomic mass is 10.1. The number of carbonyl (C=O) groups is 2. The number of hydrogen-bond donors (Lipinski definition) is 1. The Kier molecular flexibility index (Phi) is 11.4. The first-order valence-corrected chi connectivity index (χ1v) is 15.4. The van der Waals surface area contributed by atoms with E-state index in [1.807, 2.05) is 26.8 Å². The van der Waals surface area contributed by atoms with Crippen molar-refractivity contribution >= 4 is 27.5 Å². The van der Waals surface area contributed by atoms with Gasteiger partial charge in [-0.1, -0.05) is 43.7 Å². The van der Waals surface area contributed by atoms with Gasteiger partial charge < -0.3 is 24.4 Å². The fraction of sp³-hybridized carbons (Fsp3) is 0.375. The van der Waals surface area contributed by atoms with Crippen molar-refractivity contribution in [3.8, 4) is 17.2 Å². The zero-order valence-electron chi connectivity index (χ0n) is 25.8. The number of amides is 2. The molecule has 0 heterocycles. The summed E-state index contributed by atoms with van der Waals surface area (Å²) in [5, 5.41) is 2.88. The van der Waals surface area contributed by atoms with E-state index in [1.54, 1.807) is 56.5 Å². The number of benzene rings is 3. The van der Waals surface area contributed by atoms with Crippen molar-refractivity contribution in [2.24, 2.45) is 5.92 Å². The van der Waals surface area contributed by atoms with Crippen molar-refractivity contribution in [3.63, 3.8) is 0 Å². The number of rotatable bonds is 14. The highest BCUT2D eigenvalue weighted by Gasteiger charge is 2.33. The molecule has 3 aromatic rings. The summed E-state index contributed by atoms with van der Waals surface area (Å²) in [7, 11) is 0.141. The third-order valence-corrected chi connectivity index (χ3v) is 8.65. The van der Waals surface area contributed by atoms with Gasteiger partial charge in [0.1, 0.15) is 18.3 Å². The molecule has 0 saturated heterocycles. The summed E-state index contributed by atoms with van der Waals surface area (Å²) in [6.45, 7) is 7.41. The van der Waals surface area contributed by atoms with Crippen LogP contribution in [0.1, 0.15) is 31.9 Å². The zero-order chi connectivity index (χ0) is 31.7. The van der Waals surface area contributed by atoms with Crippen LogP contribution in [0.4, 0.5) is 5.69 Å².